The second kappa shape index (κ2) is 15.1. The summed E-state index contributed by atoms with van der Waals surface area (Å²) in [4.78, 5) is 76.7. The topological polar surface area (TPSA) is 247 Å². The normalized spacial score (nSPS) is 13.7. The summed E-state index contributed by atoms with van der Waals surface area (Å²) in [6.07, 6.45) is 0.306. The molecule has 4 unspecified atom stereocenters. The fourth-order valence-electron chi connectivity index (χ4n) is 4.44. The molecule has 0 saturated carbocycles. The van der Waals surface area contributed by atoms with Crippen molar-refractivity contribution in [2.24, 2.45) is 11.5 Å². The molecule has 0 fully saturated rings. The molecule has 1 heterocycles. The van der Waals surface area contributed by atoms with Crippen LogP contribution in [0.5, 0.6) is 0 Å². The molecular formula is C29H34N6O8. The molecule has 3 rings (SSSR count). The predicted octanol–water partition coefficient (Wildman–Crippen LogP) is -0.440. The Morgan fingerprint density at radius 1 is 0.767 bits per heavy atom. The van der Waals surface area contributed by atoms with E-state index in [2.05, 4.69) is 20.9 Å². The first-order valence-electron chi connectivity index (χ1n) is 13.4. The number of primary amides is 1. The van der Waals surface area contributed by atoms with Crippen molar-refractivity contribution < 1.29 is 39.0 Å². The largest absolute Gasteiger partial charge is 0.481 e. The number of para-hydroxylation sites is 1. The summed E-state index contributed by atoms with van der Waals surface area (Å²) in [6, 6.07) is 10.6. The number of amides is 4. The Labute approximate surface area is 246 Å². The Kier molecular flexibility index (Phi) is 11.3. The van der Waals surface area contributed by atoms with Gasteiger partial charge in [-0.1, -0.05) is 48.5 Å². The molecule has 228 valence electrons. The van der Waals surface area contributed by atoms with E-state index in [9.17, 15) is 39.0 Å². The zero-order valence-corrected chi connectivity index (χ0v) is 23.1. The molecule has 0 aliphatic rings. The zero-order valence-electron chi connectivity index (χ0n) is 23.1. The van der Waals surface area contributed by atoms with E-state index in [-0.39, 0.29) is 25.7 Å². The molecule has 14 heteroatoms. The number of hydrogen-bond acceptors (Lipinski definition) is 7. The number of rotatable bonds is 16. The number of benzene rings is 2. The maximum absolute atomic E-state index is 13.4. The second-order valence-corrected chi connectivity index (χ2v) is 9.98. The summed E-state index contributed by atoms with van der Waals surface area (Å²) in [7, 11) is 0. The van der Waals surface area contributed by atoms with Gasteiger partial charge in [-0.25, -0.2) is 4.79 Å². The van der Waals surface area contributed by atoms with Crippen LogP contribution in [-0.4, -0.2) is 74.9 Å². The third-order valence-electron chi connectivity index (χ3n) is 6.67. The highest BCUT2D eigenvalue weighted by atomic mass is 16.4. The second-order valence-electron chi connectivity index (χ2n) is 9.98. The Bertz CT molecular complexity index is 1470. The van der Waals surface area contributed by atoms with Crippen LogP contribution in [0.2, 0.25) is 0 Å². The van der Waals surface area contributed by atoms with E-state index < -0.39 is 66.2 Å². The highest BCUT2D eigenvalue weighted by Gasteiger charge is 2.32. The molecule has 0 radical (unpaired) electrons. The monoisotopic (exact) mass is 594 g/mol. The minimum absolute atomic E-state index is 0.0179. The van der Waals surface area contributed by atoms with E-state index in [1.165, 1.54) is 0 Å². The lowest BCUT2D eigenvalue weighted by Gasteiger charge is -2.24. The summed E-state index contributed by atoms with van der Waals surface area (Å²) in [5.74, 6) is -6.37. The van der Waals surface area contributed by atoms with Gasteiger partial charge in [-0.3, -0.25) is 24.0 Å². The number of H-pyrrole nitrogens is 1. The van der Waals surface area contributed by atoms with Gasteiger partial charge in [-0.05, 0) is 30.0 Å². The summed E-state index contributed by atoms with van der Waals surface area (Å²) in [6.45, 7) is 0. The predicted molar refractivity (Wildman–Crippen MR) is 154 cm³/mol. The number of nitrogens with one attached hydrogen (secondary N) is 4. The minimum Gasteiger partial charge on any atom is -0.481 e. The van der Waals surface area contributed by atoms with Gasteiger partial charge < -0.3 is 42.6 Å². The van der Waals surface area contributed by atoms with Crippen LogP contribution < -0.4 is 27.4 Å². The van der Waals surface area contributed by atoms with Gasteiger partial charge in [-0.2, -0.15) is 0 Å². The summed E-state index contributed by atoms with van der Waals surface area (Å²) < 4.78 is 0. The first kappa shape index (κ1) is 32.3. The minimum atomic E-state index is -1.70. The van der Waals surface area contributed by atoms with Crippen LogP contribution in [0.25, 0.3) is 10.9 Å². The third-order valence-corrected chi connectivity index (χ3v) is 6.67. The van der Waals surface area contributed by atoms with Crippen LogP contribution in [0.4, 0.5) is 0 Å². The first-order chi connectivity index (χ1) is 20.4. The highest BCUT2D eigenvalue weighted by molar-refractivity contribution is 5.96. The molecule has 14 nitrogen and oxygen atoms in total. The average Bonchev–Trinajstić information content (AvgIpc) is 3.36. The fraction of sp³-hybridized carbons (Fsp3) is 0.310. The van der Waals surface area contributed by atoms with Crippen LogP contribution in [0.15, 0.2) is 60.8 Å². The Morgan fingerprint density at radius 3 is 2.02 bits per heavy atom. The van der Waals surface area contributed by atoms with Gasteiger partial charge in [0.2, 0.25) is 23.6 Å². The molecule has 2 aromatic carbocycles. The van der Waals surface area contributed by atoms with Crippen molar-refractivity contribution in [1.82, 2.24) is 20.9 Å². The van der Waals surface area contributed by atoms with Crippen molar-refractivity contribution in [2.45, 2.75) is 56.3 Å². The number of aliphatic carboxylic acids is 2. The number of fused-ring (bicyclic) bond motifs is 1. The van der Waals surface area contributed by atoms with Crippen molar-refractivity contribution in [3.05, 3.63) is 71.9 Å². The molecular weight excluding hydrogens is 560 g/mol. The van der Waals surface area contributed by atoms with Crippen molar-refractivity contribution >= 4 is 46.5 Å². The zero-order chi connectivity index (χ0) is 31.5. The number of carbonyl (C=O) groups excluding carboxylic acids is 4. The van der Waals surface area contributed by atoms with Crippen LogP contribution in [0.1, 0.15) is 30.4 Å². The quantitative estimate of drug-likeness (QED) is 0.107. The van der Waals surface area contributed by atoms with Crippen LogP contribution in [-0.2, 0) is 41.6 Å². The molecule has 43 heavy (non-hydrogen) atoms. The molecule has 10 N–H and O–H groups in total. The summed E-state index contributed by atoms with van der Waals surface area (Å²) >= 11 is 0. The van der Waals surface area contributed by atoms with E-state index >= 15 is 0 Å². The summed E-state index contributed by atoms with van der Waals surface area (Å²) in [5, 5.41) is 26.7. The van der Waals surface area contributed by atoms with E-state index in [1.807, 2.05) is 24.3 Å². The van der Waals surface area contributed by atoms with Gasteiger partial charge in [0.05, 0.1) is 12.5 Å². The highest BCUT2D eigenvalue weighted by Crippen LogP contribution is 2.19. The van der Waals surface area contributed by atoms with Crippen LogP contribution >= 0.6 is 0 Å². The Balaban J connectivity index is 1.77. The van der Waals surface area contributed by atoms with E-state index in [4.69, 9.17) is 11.5 Å². The number of hydrogen-bond donors (Lipinski definition) is 8. The lowest BCUT2D eigenvalue weighted by Crippen LogP contribution is -2.58. The van der Waals surface area contributed by atoms with Crippen LogP contribution in [0, 0.1) is 0 Å². The number of nitrogens with two attached hydrogens (primary N) is 2. The van der Waals surface area contributed by atoms with Crippen molar-refractivity contribution in [3.8, 4) is 0 Å². The molecule has 3 aromatic rings. The van der Waals surface area contributed by atoms with Crippen molar-refractivity contribution in [2.75, 3.05) is 0 Å². The van der Waals surface area contributed by atoms with Gasteiger partial charge in [0.25, 0.3) is 0 Å². The average molecular weight is 595 g/mol. The van der Waals surface area contributed by atoms with Gasteiger partial charge in [0.15, 0.2) is 0 Å². The number of carboxylic acid groups (broad SMARTS) is 2. The molecule has 0 aliphatic heterocycles. The summed E-state index contributed by atoms with van der Waals surface area (Å²) in [5.41, 5.74) is 13.6. The first-order valence-corrected chi connectivity index (χ1v) is 13.4. The maximum Gasteiger partial charge on any atom is 0.326 e. The lowest BCUT2D eigenvalue weighted by atomic mass is 10.0. The van der Waals surface area contributed by atoms with E-state index in [1.54, 1.807) is 36.5 Å². The molecule has 1 aromatic heterocycles. The maximum atomic E-state index is 13.4. The molecule has 0 saturated heterocycles. The van der Waals surface area contributed by atoms with Gasteiger partial charge in [0.1, 0.15) is 18.1 Å². The fourth-order valence-corrected chi connectivity index (χ4v) is 4.44. The third kappa shape index (κ3) is 9.67. The van der Waals surface area contributed by atoms with E-state index in [0.29, 0.717) is 5.56 Å². The number of aromatic nitrogens is 1. The number of aromatic amines is 1. The number of carbonyl (C=O) groups is 6. The molecule has 4 amide bonds. The molecule has 4 atom stereocenters. The number of carboxylic acids is 2. The van der Waals surface area contributed by atoms with Crippen molar-refractivity contribution in [3.63, 3.8) is 0 Å². The standard InChI is InChI=1S/C29H34N6O8/c30-19(13-17-15-32-20-9-5-4-8-18(17)20)26(39)34-22(12-16-6-2-1-3-7-16)27(40)35-23(14-25(37)38)28(41)33-21(29(42)43)10-11-24(31)36/h1-9,15,19,21-23,32H,10-14,30H2,(H2,31,36)(H,33,41)(H,34,39)(H,35,40)(H,37,38)(H,42,43). The van der Waals surface area contributed by atoms with Gasteiger partial charge in [-0.15, -0.1) is 0 Å². The molecule has 0 bridgehead atoms. The Morgan fingerprint density at radius 2 is 1.37 bits per heavy atom. The lowest BCUT2D eigenvalue weighted by molar-refractivity contribution is -0.143. The van der Waals surface area contributed by atoms with Crippen LogP contribution in [0.3, 0.4) is 0 Å². The van der Waals surface area contributed by atoms with Gasteiger partial charge >= 0.3 is 11.9 Å². The smallest absolute Gasteiger partial charge is 0.326 e. The molecule has 0 spiro atoms. The van der Waals surface area contributed by atoms with Crippen molar-refractivity contribution in [1.29, 1.82) is 0 Å². The van der Waals surface area contributed by atoms with Gasteiger partial charge in [0, 0.05) is 29.9 Å². The molecule has 0 aliphatic carbocycles. The Hall–Kier alpha value is -5.24. The SMILES string of the molecule is NC(=O)CCC(NC(=O)C(CC(=O)O)NC(=O)C(Cc1ccccc1)NC(=O)C(N)Cc1c[nH]c2ccccc12)C(=O)O. The van der Waals surface area contributed by atoms with E-state index in [0.717, 1.165) is 16.5 Å².